The average Bonchev–Trinajstić information content (AvgIpc) is 3.75. The van der Waals surface area contributed by atoms with Crippen molar-refractivity contribution in [2.45, 2.75) is 24.7 Å². The summed E-state index contributed by atoms with van der Waals surface area (Å²) in [7, 11) is 0. The summed E-state index contributed by atoms with van der Waals surface area (Å²) < 4.78 is 6.94. The summed E-state index contributed by atoms with van der Waals surface area (Å²) in [6.07, 6.45) is 0. The van der Waals surface area contributed by atoms with E-state index in [4.69, 9.17) is 4.74 Å². The van der Waals surface area contributed by atoms with E-state index in [-0.39, 0.29) is 5.41 Å². The van der Waals surface area contributed by atoms with E-state index >= 15 is 0 Å². The SMILES string of the molecule is CC1(C)c2ccccc2-c2ccc(N(c3ccccc3)c3ccc(-c4cccc5c4-c4ccccc4C54c5ccccc5Oc5c4ccc4ccccc54)c4ccccc34)cc21. The van der Waals surface area contributed by atoms with Crippen LogP contribution in [0.2, 0.25) is 0 Å². The predicted octanol–water partition coefficient (Wildman–Crippen LogP) is 15.9. The van der Waals surface area contributed by atoms with Gasteiger partial charge in [0, 0.05) is 38.7 Å². The van der Waals surface area contributed by atoms with E-state index < -0.39 is 5.41 Å². The molecule has 1 atom stereocenters. The third-order valence-electron chi connectivity index (χ3n) is 14.1. The monoisotopic (exact) mass is 791 g/mol. The third-order valence-corrected chi connectivity index (χ3v) is 14.1. The Bertz CT molecular complexity index is 3490. The molecule has 0 radical (unpaired) electrons. The van der Waals surface area contributed by atoms with Crippen molar-refractivity contribution in [3.05, 3.63) is 246 Å². The number of rotatable bonds is 4. The van der Waals surface area contributed by atoms with Crippen LogP contribution in [-0.2, 0) is 10.8 Å². The van der Waals surface area contributed by atoms with Crippen molar-refractivity contribution < 1.29 is 4.74 Å². The summed E-state index contributed by atoms with van der Waals surface area (Å²) in [4.78, 5) is 2.45. The fraction of sp³-hybridized carbons (Fsp3) is 0.0667. The number of nitrogens with zero attached hydrogens (tertiary/aromatic N) is 1. The van der Waals surface area contributed by atoms with E-state index in [2.05, 4.69) is 231 Å². The normalized spacial score (nSPS) is 15.9. The molecule has 1 heterocycles. The van der Waals surface area contributed by atoms with E-state index in [1.165, 1.54) is 82.9 Å². The minimum atomic E-state index is -0.572. The Labute approximate surface area is 362 Å². The fourth-order valence-electron chi connectivity index (χ4n) is 11.5. The molecule has 0 bridgehead atoms. The summed E-state index contributed by atoms with van der Waals surface area (Å²) in [5, 5.41) is 4.71. The van der Waals surface area contributed by atoms with Crippen molar-refractivity contribution in [1.82, 2.24) is 0 Å². The fourth-order valence-corrected chi connectivity index (χ4v) is 11.5. The number of fused-ring (bicyclic) bond motifs is 15. The smallest absolute Gasteiger partial charge is 0.140 e. The Morgan fingerprint density at radius 1 is 0.371 bits per heavy atom. The van der Waals surface area contributed by atoms with Crippen LogP contribution in [-0.4, -0.2) is 0 Å². The van der Waals surface area contributed by atoms with Crippen LogP contribution in [0, 0.1) is 0 Å². The molecule has 0 amide bonds. The lowest BCUT2D eigenvalue weighted by Gasteiger charge is -2.39. The van der Waals surface area contributed by atoms with Crippen LogP contribution in [0.4, 0.5) is 17.1 Å². The summed E-state index contributed by atoms with van der Waals surface area (Å²) in [5.74, 6) is 1.84. The molecule has 13 rings (SSSR count). The zero-order chi connectivity index (χ0) is 41.2. The molecule has 3 aliphatic rings. The molecule has 62 heavy (non-hydrogen) atoms. The van der Waals surface area contributed by atoms with Crippen LogP contribution < -0.4 is 9.64 Å². The molecule has 2 heteroatoms. The van der Waals surface area contributed by atoms with Gasteiger partial charge in [0.15, 0.2) is 0 Å². The molecule has 1 unspecified atom stereocenters. The van der Waals surface area contributed by atoms with Crippen molar-refractivity contribution in [1.29, 1.82) is 0 Å². The quantitative estimate of drug-likeness (QED) is 0.176. The second-order valence-electron chi connectivity index (χ2n) is 17.5. The van der Waals surface area contributed by atoms with Gasteiger partial charge in [0.2, 0.25) is 0 Å². The lowest BCUT2D eigenvalue weighted by molar-refractivity contribution is 0.441. The summed E-state index contributed by atoms with van der Waals surface area (Å²) in [5.41, 5.74) is 18.0. The Morgan fingerprint density at radius 2 is 1.00 bits per heavy atom. The highest BCUT2D eigenvalue weighted by Gasteiger charge is 2.52. The van der Waals surface area contributed by atoms with Gasteiger partial charge in [-0.15, -0.1) is 0 Å². The standard InChI is InChI=1S/C60H41NO/c1-59(2)49-26-12-10-22-44(49)45-33-32-40(37-54(45)59)61(39-18-4-3-5-19-39)55-36-34-43(42-21-8-9-23-46(42)55)47-25-16-29-52-57(47)48-24-11-13-27-50(48)60(52)51-28-14-15-30-56(51)62-58-41-20-7-6-17-38(41)31-35-53(58)60/h3-37H,1-2H3. The average molecular weight is 792 g/mol. The van der Waals surface area contributed by atoms with Crippen LogP contribution in [0.25, 0.3) is 54.9 Å². The Kier molecular flexibility index (Phi) is 7.31. The molecule has 0 saturated carbocycles. The molecular formula is C60H41NO. The van der Waals surface area contributed by atoms with E-state index in [9.17, 15) is 0 Å². The number of hydrogen-bond acceptors (Lipinski definition) is 2. The minimum Gasteiger partial charge on any atom is -0.456 e. The number of hydrogen-bond donors (Lipinski definition) is 0. The van der Waals surface area contributed by atoms with Gasteiger partial charge in [0.1, 0.15) is 11.5 Å². The molecule has 10 aromatic rings. The molecule has 292 valence electrons. The molecule has 1 aliphatic heterocycles. The van der Waals surface area contributed by atoms with Gasteiger partial charge in [-0.25, -0.2) is 0 Å². The van der Waals surface area contributed by atoms with Crippen LogP contribution >= 0.6 is 0 Å². The van der Waals surface area contributed by atoms with Gasteiger partial charge in [0.25, 0.3) is 0 Å². The molecule has 0 N–H and O–H groups in total. The van der Waals surface area contributed by atoms with Crippen molar-refractivity contribution in [2.24, 2.45) is 0 Å². The Morgan fingerprint density at radius 3 is 1.85 bits per heavy atom. The van der Waals surface area contributed by atoms with Gasteiger partial charge < -0.3 is 9.64 Å². The van der Waals surface area contributed by atoms with Crippen molar-refractivity contribution >= 4 is 38.6 Å². The van der Waals surface area contributed by atoms with Crippen LogP contribution in [0.3, 0.4) is 0 Å². The highest BCUT2D eigenvalue weighted by Crippen LogP contribution is 2.64. The van der Waals surface area contributed by atoms with Gasteiger partial charge in [-0.05, 0) is 103 Å². The summed E-state index contributed by atoms with van der Waals surface area (Å²) in [6.45, 7) is 4.72. The molecule has 2 nitrogen and oxygen atoms in total. The van der Waals surface area contributed by atoms with Crippen molar-refractivity contribution in [3.8, 4) is 44.9 Å². The molecule has 0 saturated heterocycles. The van der Waals surface area contributed by atoms with Crippen LogP contribution in [0.15, 0.2) is 212 Å². The number of anilines is 3. The molecule has 0 fully saturated rings. The highest BCUT2D eigenvalue weighted by atomic mass is 16.5. The maximum absolute atomic E-state index is 6.94. The first-order chi connectivity index (χ1) is 30.5. The maximum Gasteiger partial charge on any atom is 0.140 e. The highest BCUT2D eigenvalue weighted by molar-refractivity contribution is 6.10. The zero-order valence-electron chi connectivity index (χ0n) is 34.6. The molecule has 0 aromatic heterocycles. The maximum atomic E-state index is 6.94. The number of benzene rings is 10. The first kappa shape index (κ1) is 35.1. The largest absolute Gasteiger partial charge is 0.456 e. The van der Waals surface area contributed by atoms with Crippen LogP contribution in [0.1, 0.15) is 47.2 Å². The Balaban J connectivity index is 1.05. The topological polar surface area (TPSA) is 12.5 Å². The van der Waals surface area contributed by atoms with Gasteiger partial charge in [-0.3, -0.25) is 0 Å². The van der Waals surface area contributed by atoms with Gasteiger partial charge >= 0.3 is 0 Å². The minimum absolute atomic E-state index is 0.115. The van der Waals surface area contributed by atoms with Gasteiger partial charge in [-0.2, -0.15) is 0 Å². The number of ether oxygens (including phenoxy) is 1. The molecule has 10 aromatic carbocycles. The molecule has 1 spiro atoms. The van der Waals surface area contributed by atoms with Crippen LogP contribution in [0.5, 0.6) is 11.5 Å². The zero-order valence-corrected chi connectivity index (χ0v) is 34.6. The lowest BCUT2D eigenvalue weighted by atomic mass is 9.65. The van der Waals surface area contributed by atoms with Gasteiger partial charge in [-0.1, -0.05) is 190 Å². The van der Waals surface area contributed by atoms with Gasteiger partial charge in [0.05, 0.1) is 11.1 Å². The third kappa shape index (κ3) is 4.64. The second-order valence-corrected chi connectivity index (χ2v) is 17.5. The van der Waals surface area contributed by atoms with E-state index in [0.29, 0.717) is 0 Å². The first-order valence-electron chi connectivity index (χ1n) is 21.7. The second kappa shape index (κ2) is 12.9. The molecule has 2 aliphatic carbocycles. The lowest BCUT2D eigenvalue weighted by Crippen LogP contribution is -2.32. The Hall–Kier alpha value is -7.68. The molecular weight excluding hydrogens is 751 g/mol. The number of para-hydroxylation sites is 2. The van der Waals surface area contributed by atoms with E-state index in [1.807, 2.05) is 0 Å². The van der Waals surface area contributed by atoms with Crippen molar-refractivity contribution in [3.63, 3.8) is 0 Å². The van der Waals surface area contributed by atoms with E-state index in [1.54, 1.807) is 0 Å². The summed E-state index contributed by atoms with van der Waals surface area (Å²) >= 11 is 0. The van der Waals surface area contributed by atoms with Crippen molar-refractivity contribution in [2.75, 3.05) is 4.90 Å². The summed E-state index contributed by atoms with van der Waals surface area (Å²) in [6, 6.07) is 78.3. The van der Waals surface area contributed by atoms with E-state index in [0.717, 1.165) is 33.9 Å². The predicted molar refractivity (Wildman–Crippen MR) is 257 cm³/mol. The first-order valence-corrected chi connectivity index (χ1v) is 21.7.